The molecular formula is C23H12Cl2F3N3O4. The van der Waals surface area contributed by atoms with Crippen LogP contribution in [0.1, 0.15) is 11.1 Å². The number of alkyl halides is 3. The Hall–Kier alpha value is -4.07. The van der Waals surface area contributed by atoms with Gasteiger partial charge in [0.1, 0.15) is 17.4 Å². The highest BCUT2D eigenvalue weighted by atomic mass is 35.5. The molecule has 0 fully saturated rings. The topological polar surface area (TPSA) is 105 Å². The summed E-state index contributed by atoms with van der Waals surface area (Å²) in [6, 6.07) is 13.9. The number of nitriles is 1. The molecule has 3 aromatic rings. The molecule has 0 bridgehead atoms. The van der Waals surface area contributed by atoms with E-state index < -0.39 is 28.3 Å². The van der Waals surface area contributed by atoms with Crippen molar-refractivity contribution >= 4 is 46.6 Å². The van der Waals surface area contributed by atoms with E-state index in [9.17, 15) is 33.3 Å². The van der Waals surface area contributed by atoms with Crippen molar-refractivity contribution in [3.05, 3.63) is 97.5 Å². The van der Waals surface area contributed by atoms with Gasteiger partial charge >= 0.3 is 11.9 Å². The number of ether oxygens (including phenoxy) is 1. The number of nitro groups is 1. The van der Waals surface area contributed by atoms with Crippen molar-refractivity contribution in [2.24, 2.45) is 0 Å². The Morgan fingerprint density at radius 3 is 2.40 bits per heavy atom. The molecule has 35 heavy (non-hydrogen) atoms. The molecule has 1 amide bonds. The molecule has 3 aromatic carbocycles. The van der Waals surface area contributed by atoms with Gasteiger partial charge in [0.15, 0.2) is 0 Å². The highest BCUT2D eigenvalue weighted by Crippen LogP contribution is 2.38. The Morgan fingerprint density at radius 1 is 1.11 bits per heavy atom. The third kappa shape index (κ3) is 6.29. The number of carbonyl (C=O) groups excluding carboxylic acids is 1. The minimum atomic E-state index is -4.75. The summed E-state index contributed by atoms with van der Waals surface area (Å²) in [5.74, 6) is -1.04. The van der Waals surface area contributed by atoms with Crippen molar-refractivity contribution in [3.8, 4) is 17.6 Å². The number of nitrogens with zero attached hydrogens (tertiary/aromatic N) is 2. The number of benzene rings is 3. The molecule has 7 nitrogen and oxygen atoms in total. The number of halogens is 5. The zero-order valence-corrected chi connectivity index (χ0v) is 18.8. The van der Waals surface area contributed by atoms with Crippen molar-refractivity contribution in [3.63, 3.8) is 0 Å². The molecule has 12 heteroatoms. The summed E-state index contributed by atoms with van der Waals surface area (Å²) in [5.41, 5.74) is -1.67. The molecular weight excluding hydrogens is 510 g/mol. The first kappa shape index (κ1) is 25.6. The van der Waals surface area contributed by atoms with Gasteiger partial charge in [-0.1, -0.05) is 41.4 Å². The van der Waals surface area contributed by atoms with Crippen LogP contribution in [0.2, 0.25) is 10.0 Å². The molecule has 0 aromatic heterocycles. The van der Waals surface area contributed by atoms with Crippen LogP contribution in [0.25, 0.3) is 6.08 Å². The van der Waals surface area contributed by atoms with Gasteiger partial charge in [-0.15, -0.1) is 0 Å². The largest absolute Gasteiger partial charge is 0.450 e. The van der Waals surface area contributed by atoms with E-state index in [1.165, 1.54) is 42.5 Å². The molecule has 0 saturated heterocycles. The predicted octanol–water partition coefficient (Wildman–Crippen LogP) is 7.26. The smallest absolute Gasteiger partial charge is 0.416 e. The van der Waals surface area contributed by atoms with Crippen LogP contribution in [-0.4, -0.2) is 10.8 Å². The van der Waals surface area contributed by atoms with Gasteiger partial charge in [0.2, 0.25) is 5.75 Å². The maximum atomic E-state index is 12.9. The van der Waals surface area contributed by atoms with Gasteiger partial charge in [-0.05, 0) is 48.0 Å². The molecule has 0 aliphatic carbocycles. The normalized spacial score (nSPS) is 11.5. The van der Waals surface area contributed by atoms with E-state index in [0.717, 1.165) is 6.07 Å². The summed E-state index contributed by atoms with van der Waals surface area (Å²) in [7, 11) is 0. The number of carbonyl (C=O) groups is 1. The zero-order valence-electron chi connectivity index (χ0n) is 17.3. The number of rotatable bonds is 6. The maximum Gasteiger partial charge on any atom is 0.416 e. The monoisotopic (exact) mass is 521 g/mol. The fourth-order valence-corrected chi connectivity index (χ4v) is 3.13. The molecule has 0 spiro atoms. The van der Waals surface area contributed by atoms with Gasteiger partial charge in [-0.25, -0.2) is 0 Å². The van der Waals surface area contributed by atoms with E-state index in [1.54, 1.807) is 12.1 Å². The predicted molar refractivity (Wildman–Crippen MR) is 123 cm³/mol. The fourth-order valence-electron chi connectivity index (χ4n) is 2.79. The van der Waals surface area contributed by atoms with Crippen LogP contribution in [0, 0.1) is 21.4 Å². The lowest BCUT2D eigenvalue weighted by molar-refractivity contribution is -0.385. The summed E-state index contributed by atoms with van der Waals surface area (Å²) >= 11 is 11.9. The molecule has 178 valence electrons. The molecule has 0 unspecified atom stereocenters. The molecule has 0 aliphatic rings. The molecule has 0 saturated carbocycles. The Morgan fingerprint density at radius 2 is 1.80 bits per heavy atom. The van der Waals surface area contributed by atoms with Crippen LogP contribution in [0.15, 0.2) is 66.2 Å². The SMILES string of the molecule is N#C/C(=C/c1ccc(Oc2ccc(C(F)(F)F)cc2[N+](=O)[O-])cc1)C(=O)Nc1cccc(Cl)c1Cl. The summed E-state index contributed by atoms with van der Waals surface area (Å²) in [4.78, 5) is 22.7. The lowest BCUT2D eigenvalue weighted by Gasteiger charge is -2.10. The maximum absolute atomic E-state index is 12.9. The van der Waals surface area contributed by atoms with E-state index in [4.69, 9.17) is 27.9 Å². The first-order valence-corrected chi connectivity index (χ1v) is 10.3. The summed E-state index contributed by atoms with van der Waals surface area (Å²) in [6.07, 6.45) is -3.47. The average Bonchev–Trinajstić information content (AvgIpc) is 2.80. The minimum absolute atomic E-state index is 0.0821. The van der Waals surface area contributed by atoms with Crippen LogP contribution >= 0.6 is 23.2 Å². The van der Waals surface area contributed by atoms with E-state index in [0.29, 0.717) is 17.7 Å². The van der Waals surface area contributed by atoms with Crippen LogP contribution in [0.3, 0.4) is 0 Å². The molecule has 3 rings (SSSR count). The minimum Gasteiger partial charge on any atom is -0.450 e. The lowest BCUT2D eigenvalue weighted by atomic mass is 10.1. The molecule has 0 heterocycles. The fraction of sp³-hybridized carbons (Fsp3) is 0.0435. The third-order valence-corrected chi connectivity index (χ3v) is 5.29. The summed E-state index contributed by atoms with van der Waals surface area (Å²) in [5, 5.41) is 23.4. The third-order valence-electron chi connectivity index (χ3n) is 4.47. The van der Waals surface area contributed by atoms with Crippen LogP contribution in [-0.2, 0) is 11.0 Å². The second kappa shape index (κ2) is 10.5. The van der Waals surface area contributed by atoms with Gasteiger partial charge in [0.05, 0.1) is 26.2 Å². The summed E-state index contributed by atoms with van der Waals surface area (Å²) < 4.78 is 43.9. The van der Waals surface area contributed by atoms with E-state index in [-0.39, 0.29) is 32.8 Å². The number of nitro benzene ring substituents is 1. The molecule has 0 atom stereocenters. The quantitative estimate of drug-likeness (QED) is 0.159. The standard InChI is InChI=1S/C23H12Cl2F3N3O4/c24-17-2-1-3-18(21(17)25)30-22(32)14(12-29)10-13-4-7-16(8-5-13)35-20-9-6-15(23(26,27)28)11-19(20)31(33)34/h1-11H,(H,30,32)/b14-10-. The number of anilines is 1. The Labute approximate surface area is 206 Å². The highest BCUT2D eigenvalue weighted by molar-refractivity contribution is 6.44. The summed E-state index contributed by atoms with van der Waals surface area (Å²) in [6.45, 7) is 0. The van der Waals surface area contributed by atoms with Crippen molar-refractivity contribution < 1.29 is 27.6 Å². The molecule has 0 radical (unpaired) electrons. The van der Waals surface area contributed by atoms with Gasteiger partial charge < -0.3 is 10.1 Å². The van der Waals surface area contributed by atoms with E-state index in [2.05, 4.69) is 5.32 Å². The lowest BCUT2D eigenvalue weighted by Crippen LogP contribution is -2.13. The Balaban J connectivity index is 1.79. The van der Waals surface area contributed by atoms with E-state index in [1.807, 2.05) is 0 Å². The van der Waals surface area contributed by atoms with E-state index >= 15 is 0 Å². The van der Waals surface area contributed by atoms with Gasteiger partial charge in [-0.3, -0.25) is 14.9 Å². The first-order valence-electron chi connectivity index (χ1n) is 9.50. The second-order valence-corrected chi connectivity index (χ2v) is 7.62. The second-order valence-electron chi connectivity index (χ2n) is 6.83. The number of hydrogen-bond donors (Lipinski definition) is 1. The number of hydrogen-bond acceptors (Lipinski definition) is 5. The molecule has 1 N–H and O–H groups in total. The Bertz CT molecular complexity index is 1370. The average molecular weight is 522 g/mol. The van der Waals surface area contributed by atoms with Crippen molar-refractivity contribution in [1.82, 2.24) is 0 Å². The van der Waals surface area contributed by atoms with Crippen molar-refractivity contribution in [1.29, 1.82) is 5.26 Å². The number of amides is 1. The zero-order chi connectivity index (χ0) is 25.8. The number of nitrogens with one attached hydrogen (secondary N) is 1. The van der Waals surface area contributed by atoms with Crippen molar-refractivity contribution in [2.45, 2.75) is 6.18 Å². The van der Waals surface area contributed by atoms with Gasteiger partial charge in [0, 0.05) is 6.07 Å². The highest BCUT2D eigenvalue weighted by Gasteiger charge is 2.33. The van der Waals surface area contributed by atoms with Gasteiger partial charge in [0.25, 0.3) is 5.91 Å². The Kier molecular flexibility index (Phi) is 7.64. The molecule has 0 aliphatic heterocycles. The van der Waals surface area contributed by atoms with Crippen LogP contribution < -0.4 is 10.1 Å². The van der Waals surface area contributed by atoms with Crippen molar-refractivity contribution in [2.75, 3.05) is 5.32 Å². The van der Waals surface area contributed by atoms with Crippen LogP contribution in [0.4, 0.5) is 24.5 Å². The van der Waals surface area contributed by atoms with Gasteiger partial charge in [-0.2, -0.15) is 18.4 Å². The first-order chi connectivity index (χ1) is 16.5. The van der Waals surface area contributed by atoms with Crippen LogP contribution in [0.5, 0.6) is 11.5 Å².